The fraction of sp³-hybridized carbons (Fsp3) is 0.400. The Balaban J connectivity index is 1.70. The standard InChI is InChI=1S/C20H24N2O2/c1-13-8-15(3)18(9-14(13)2)20(23)22-19-12-24-11-17(19)10-16-4-6-21-7-5-16/h4-9,17,19H,10-12H2,1-3H3,(H,22,23). The highest BCUT2D eigenvalue weighted by Crippen LogP contribution is 2.21. The summed E-state index contributed by atoms with van der Waals surface area (Å²) in [4.78, 5) is 16.8. The Kier molecular flexibility index (Phi) is 4.95. The average Bonchev–Trinajstić information content (AvgIpc) is 2.98. The molecular formula is C20H24N2O2. The Morgan fingerprint density at radius 2 is 1.83 bits per heavy atom. The summed E-state index contributed by atoms with van der Waals surface area (Å²) in [5.74, 6) is 0.286. The smallest absolute Gasteiger partial charge is 0.251 e. The number of hydrogen-bond donors (Lipinski definition) is 1. The zero-order chi connectivity index (χ0) is 17.1. The summed E-state index contributed by atoms with van der Waals surface area (Å²) in [5.41, 5.74) is 5.35. The van der Waals surface area contributed by atoms with E-state index in [9.17, 15) is 4.79 Å². The molecule has 2 unspecified atom stereocenters. The van der Waals surface area contributed by atoms with Crippen LogP contribution in [0.5, 0.6) is 0 Å². The van der Waals surface area contributed by atoms with Gasteiger partial charge in [0.2, 0.25) is 0 Å². The van der Waals surface area contributed by atoms with Crippen LogP contribution in [0.1, 0.15) is 32.6 Å². The van der Waals surface area contributed by atoms with Crippen LogP contribution in [0.2, 0.25) is 0 Å². The first-order valence-corrected chi connectivity index (χ1v) is 8.40. The third kappa shape index (κ3) is 3.65. The van der Waals surface area contributed by atoms with Crippen molar-refractivity contribution in [2.75, 3.05) is 13.2 Å². The quantitative estimate of drug-likeness (QED) is 0.940. The molecule has 2 atom stereocenters. The Labute approximate surface area is 143 Å². The van der Waals surface area contributed by atoms with Gasteiger partial charge in [-0.1, -0.05) is 6.07 Å². The van der Waals surface area contributed by atoms with Crippen molar-refractivity contribution in [3.63, 3.8) is 0 Å². The Bertz CT molecular complexity index is 728. The molecule has 126 valence electrons. The van der Waals surface area contributed by atoms with E-state index in [1.165, 1.54) is 11.1 Å². The highest BCUT2D eigenvalue weighted by atomic mass is 16.5. The molecular weight excluding hydrogens is 300 g/mol. The fourth-order valence-electron chi connectivity index (χ4n) is 3.23. The van der Waals surface area contributed by atoms with Gasteiger partial charge in [-0.25, -0.2) is 0 Å². The maximum atomic E-state index is 12.7. The highest BCUT2D eigenvalue weighted by molar-refractivity contribution is 5.96. The fourth-order valence-corrected chi connectivity index (χ4v) is 3.23. The Hall–Kier alpha value is -2.20. The third-order valence-corrected chi connectivity index (χ3v) is 4.85. The zero-order valence-electron chi connectivity index (χ0n) is 14.5. The average molecular weight is 324 g/mol. The van der Waals surface area contributed by atoms with Gasteiger partial charge in [0, 0.05) is 23.9 Å². The molecule has 4 nitrogen and oxygen atoms in total. The lowest BCUT2D eigenvalue weighted by atomic mass is 9.94. The molecule has 1 N–H and O–H groups in total. The van der Waals surface area contributed by atoms with Crippen LogP contribution in [0.25, 0.3) is 0 Å². The molecule has 24 heavy (non-hydrogen) atoms. The molecule has 1 aromatic heterocycles. The molecule has 4 heteroatoms. The van der Waals surface area contributed by atoms with Crippen molar-refractivity contribution in [3.8, 4) is 0 Å². The van der Waals surface area contributed by atoms with Crippen LogP contribution >= 0.6 is 0 Å². The molecule has 1 aliphatic heterocycles. The molecule has 2 aromatic rings. The van der Waals surface area contributed by atoms with E-state index in [0.717, 1.165) is 23.1 Å². The maximum Gasteiger partial charge on any atom is 0.251 e. The van der Waals surface area contributed by atoms with E-state index in [1.54, 1.807) is 12.4 Å². The molecule has 0 bridgehead atoms. The van der Waals surface area contributed by atoms with Gasteiger partial charge in [-0.2, -0.15) is 0 Å². The molecule has 0 saturated carbocycles. The van der Waals surface area contributed by atoms with Crippen LogP contribution < -0.4 is 5.32 Å². The number of aromatic nitrogens is 1. The van der Waals surface area contributed by atoms with Crippen LogP contribution in [0.15, 0.2) is 36.7 Å². The number of rotatable bonds is 4. The van der Waals surface area contributed by atoms with Crippen LogP contribution in [-0.2, 0) is 11.2 Å². The zero-order valence-corrected chi connectivity index (χ0v) is 14.5. The number of aryl methyl sites for hydroxylation is 3. The van der Waals surface area contributed by atoms with Gasteiger partial charge in [-0.15, -0.1) is 0 Å². The maximum absolute atomic E-state index is 12.7. The monoisotopic (exact) mass is 324 g/mol. The van der Waals surface area contributed by atoms with Crippen LogP contribution in [0.3, 0.4) is 0 Å². The summed E-state index contributed by atoms with van der Waals surface area (Å²) in [7, 11) is 0. The molecule has 3 rings (SSSR count). The van der Waals surface area contributed by atoms with Crippen molar-refractivity contribution >= 4 is 5.91 Å². The summed E-state index contributed by atoms with van der Waals surface area (Å²) in [6, 6.07) is 8.14. The van der Waals surface area contributed by atoms with Crippen molar-refractivity contribution < 1.29 is 9.53 Å². The Morgan fingerprint density at radius 1 is 1.12 bits per heavy atom. The first-order chi connectivity index (χ1) is 11.5. The van der Waals surface area contributed by atoms with Crippen molar-refractivity contribution in [1.29, 1.82) is 0 Å². The SMILES string of the molecule is Cc1cc(C)c(C(=O)NC2COCC2Cc2ccncc2)cc1C. The van der Waals surface area contributed by atoms with Crippen molar-refractivity contribution in [3.05, 3.63) is 64.5 Å². The van der Waals surface area contributed by atoms with E-state index in [0.29, 0.717) is 19.1 Å². The van der Waals surface area contributed by atoms with Gasteiger partial charge >= 0.3 is 0 Å². The lowest BCUT2D eigenvalue weighted by molar-refractivity contribution is 0.0924. The molecule has 0 radical (unpaired) electrons. The molecule has 1 fully saturated rings. The highest BCUT2D eigenvalue weighted by Gasteiger charge is 2.30. The van der Waals surface area contributed by atoms with Gasteiger partial charge in [-0.05, 0) is 67.6 Å². The number of amides is 1. The second kappa shape index (κ2) is 7.14. The summed E-state index contributed by atoms with van der Waals surface area (Å²) in [6.07, 6.45) is 4.49. The molecule has 0 spiro atoms. The number of benzene rings is 1. The summed E-state index contributed by atoms with van der Waals surface area (Å²) in [5, 5.41) is 3.17. The number of hydrogen-bond acceptors (Lipinski definition) is 3. The Morgan fingerprint density at radius 3 is 2.58 bits per heavy atom. The molecule has 1 saturated heterocycles. The van der Waals surface area contributed by atoms with Crippen molar-refractivity contribution in [2.45, 2.75) is 33.2 Å². The van der Waals surface area contributed by atoms with Gasteiger partial charge in [0.25, 0.3) is 5.91 Å². The number of nitrogens with zero attached hydrogens (tertiary/aromatic N) is 1. The van der Waals surface area contributed by atoms with E-state index >= 15 is 0 Å². The molecule has 2 heterocycles. The van der Waals surface area contributed by atoms with Crippen LogP contribution in [-0.4, -0.2) is 30.1 Å². The molecule has 1 aliphatic rings. The number of pyridine rings is 1. The topological polar surface area (TPSA) is 51.2 Å². The first-order valence-electron chi connectivity index (χ1n) is 8.40. The van der Waals surface area contributed by atoms with E-state index in [2.05, 4.69) is 23.3 Å². The minimum Gasteiger partial charge on any atom is -0.379 e. The van der Waals surface area contributed by atoms with Gasteiger partial charge in [-0.3, -0.25) is 9.78 Å². The number of carbonyl (C=O) groups excluding carboxylic acids is 1. The second-order valence-electron chi connectivity index (χ2n) is 6.69. The van der Waals surface area contributed by atoms with E-state index in [-0.39, 0.29) is 11.9 Å². The number of carbonyl (C=O) groups is 1. The lowest BCUT2D eigenvalue weighted by Gasteiger charge is -2.20. The number of ether oxygens (including phenoxy) is 1. The predicted molar refractivity (Wildman–Crippen MR) is 94.2 cm³/mol. The summed E-state index contributed by atoms with van der Waals surface area (Å²) < 4.78 is 5.62. The normalized spacial score (nSPS) is 20.1. The third-order valence-electron chi connectivity index (χ3n) is 4.85. The van der Waals surface area contributed by atoms with E-state index in [1.807, 2.05) is 32.0 Å². The van der Waals surface area contributed by atoms with Crippen LogP contribution in [0, 0.1) is 26.7 Å². The second-order valence-corrected chi connectivity index (χ2v) is 6.69. The summed E-state index contributed by atoms with van der Waals surface area (Å²) >= 11 is 0. The van der Waals surface area contributed by atoms with Gasteiger partial charge in [0.05, 0.1) is 19.3 Å². The minimum atomic E-state index is -0.00849. The lowest BCUT2D eigenvalue weighted by Crippen LogP contribution is -2.40. The van der Waals surface area contributed by atoms with Gasteiger partial charge < -0.3 is 10.1 Å². The largest absolute Gasteiger partial charge is 0.379 e. The van der Waals surface area contributed by atoms with Crippen molar-refractivity contribution in [1.82, 2.24) is 10.3 Å². The molecule has 0 aliphatic carbocycles. The van der Waals surface area contributed by atoms with Crippen LogP contribution in [0.4, 0.5) is 0 Å². The first kappa shape index (κ1) is 16.7. The minimum absolute atomic E-state index is 0.00849. The van der Waals surface area contributed by atoms with E-state index in [4.69, 9.17) is 4.74 Å². The van der Waals surface area contributed by atoms with Gasteiger partial charge in [0.1, 0.15) is 0 Å². The molecule has 1 aromatic carbocycles. The predicted octanol–water partition coefficient (Wildman–Crippen LogP) is 2.99. The van der Waals surface area contributed by atoms with E-state index < -0.39 is 0 Å². The van der Waals surface area contributed by atoms with Gasteiger partial charge in [0.15, 0.2) is 0 Å². The number of nitrogens with one attached hydrogen (secondary N) is 1. The van der Waals surface area contributed by atoms with Crippen molar-refractivity contribution in [2.24, 2.45) is 5.92 Å². The molecule has 1 amide bonds. The summed E-state index contributed by atoms with van der Waals surface area (Å²) in [6.45, 7) is 7.35.